The Hall–Kier alpha value is -3.49. The standard InChI is InChI=1S/C19H21N7O2/c1-13-18(14(2)28-24-13)19(27)26-9-7-25(8-10-26)17-11-16(21-12-22-17)23-15-5-3-4-6-20-15/h3-6,11-12H,7-10H2,1-2H3,(H,20,21,22,23). The molecule has 3 aromatic rings. The van der Waals surface area contributed by atoms with E-state index >= 15 is 0 Å². The summed E-state index contributed by atoms with van der Waals surface area (Å²) in [6.07, 6.45) is 3.25. The highest BCUT2D eigenvalue weighted by Gasteiger charge is 2.27. The SMILES string of the molecule is Cc1noc(C)c1C(=O)N1CCN(c2cc(Nc3ccccn3)ncn2)CC1. The van der Waals surface area contributed by atoms with Crippen molar-refractivity contribution in [2.24, 2.45) is 0 Å². The second kappa shape index (κ2) is 7.63. The number of hydrogen-bond donors (Lipinski definition) is 1. The Morgan fingerprint density at radius 3 is 2.57 bits per heavy atom. The molecule has 4 heterocycles. The Morgan fingerprint density at radius 1 is 1.07 bits per heavy atom. The summed E-state index contributed by atoms with van der Waals surface area (Å²) in [5, 5.41) is 7.05. The number of aryl methyl sites for hydroxylation is 2. The lowest BCUT2D eigenvalue weighted by Crippen LogP contribution is -2.49. The van der Waals surface area contributed by atoms with Gasteiger partial charge in [-0.15, -0.1) is 0 Å². The first-order valence-electron chi connectivity index (χ1n) is 9.09. The molecule has 0 radical (unpaired) electrons. The molecule has 4 rings (SSSR count). The topological polar surface area (TPSA) is 100 Å². The van der Waals surface area contributed by atoms with Crippen LogP contribution in [0.15, 0.2) is 41.3 Å². The lowest BCUT2D eigenvalue weighted by atomic mass is 10.1. The lowest BCUT2D eigenvalue weighted by molar-refractivity contribution is 0.0744. The normalized spacial score (nSPS) is 14.2. The molecule has 144 valence electrons. The van der Waals surface area contributed by atoms with Gasteiger partial charge in [0.25, 0.3) is 5.91 Å². The maximum absolute atomic E-state index is 12.8. The molecule has 1 aliphatic heterocycles. The van der Waals surface area contributed by atoms with Crippen LogP contribution < -0.4 is 10.2 Å². The molecule has 0 atom stereocenters. The molecule has 1 amide bonds. The van der Waals surface area contributed by atoms with Crippen LogP contribution in [0, 0.1) is 13.8 Å². The minimum Gasteiger partial charge on any atom is -0.361 e. The summed E-state index contributed by atoms with van der Waals surface area (Å²) in [6, 6.07) is 7.54. The van der Waals surface area contributed by atoms with Crippen molar-refractivity contribution >= 4 is 23.4 Å². The number of rotatable bonds is 4. The van der Waals surface area contributed by atoms with Crippen molar-refractivity contribution < 1.29 is 9.32 Å². The van der Waals surface area contributed by atoms with Crippen molar-refractivity contribution in [1.29, 1.82) is 0 Å². The van der Waals surface area contributed by atoms with E-state index in [1.54, 1.807) is 20.0 Å². The van der Waals surface area contributed by atoms with Gasteiger partial charge in [-0.1, -0.05) is 11.2 Å². The summed E-state index contributed by atoms with van der Waals surface area (Å²) in [5.41, 5.74) is 1.20. The van der Waals surface area contributed by atoms with E-state index in [0.29, 0.717) is 49.0 Å². The molecule has 0 unspecified atom stereocenters. The van der Waals surface area contributed by atoms with Crippen molar-refractivity contribution in [3.05, 3.63) is 53.8 Å². The van der Waals surface area contributed by atoms with Crippen LogP contribution in [-0.4, -0.2) is 57.1 Å². The third-order valence-electron chi connectivity index (χ3n) is 4.71. The van der Waals surface area contributed by atoms with Gasteiger partial charge in [0.05, 0.1) is 5.69 Å². The third-order valence-corrected chi connectivity index (χ3v) is 4.71. The number of piperazine rings is 1. The van der Waals surface area contributed by atoms with Crippen molar-refractivity contribution in [1.82, 2.24) is 25.0 Å². The minimum atomic E-state index is -0.0314. The van der Waals surface area contributed by atoms with Gasteiger partial charge in [-0.25, -0.2) is 15.0 Å². The van der Waals surface area contributed by atoms with Crippen LogP contribution in [0.2, 0.25) is 0 Å². The van der Waals surface area contributed by atoms with Crippen LogP contribution in [0.3, 0.4) is 0 Å². The van der Waals surface area contributed by atoms with Gasteiger partial charge < -0.3 is 19.6 Å². The van der Waals surface area contributed by atoms with E-state index in [1.807, 2.05) is 29.2 Å². The smallest absolute Gasteiger partial charge is 0.259 e. The Labute approximate surface area is 162 Å². The fraction of sp³-hybridized carbons (Fsp3) is 0.316. The molecule has 1 fully saturated rings. The highest BCUT2D eigenvalue weighted by atomic mass is 16.5. The fourth-order valence-corrected chi connectivity index (χ4v) is 3.24. The van der Waals surface area contributed by atoms with Crippen molar-refractivity contribution in [2.45, 2.75) is 13.8 Å². The van der Waals surface area contributed by atoms with E-state index in [1.165, 1.54) is 6.33 Å². The number of carbonyl (C=O) groups excluding carboxylic acids is 1. The van der Waals surface area contributed by atoms with E-state index in [9.17, 15) is 4.79 Å². The maximum Gasteiger partial charge on any atom is 0.259 e. The lowest BCUT2D eigenvalue weighted by Gasteiger charge is -2.35. The zero-order valence-electron chi connectivity index (χ0n) is 15.8. The van der Waals surface area contributed by atoms with E-state index in [-0.39, 0.29) is 5.91 Å². The van der Waals surface area contributed by atoms with Gasteiger partial charge in [0.15, 0.2) is 0 Å². The number of anilines is 3. The Kier molecular flexibility index (Phi) is 4.88. The second-order valence-corrected chi connectivity index (χ2v) is 6.58. The van der Waals surface area contributed by atoms with Crippen LogP contribution in [0.1, 0.15) is 21.8 Å². The number of aromatic nitrogens is 4. The molecule has 9 heteroatoms. The first kappa shape index (κ1) is 17.9. The molecule has 28 heavy (non-hydrogen) atoms. The summed E-state index contributed by atoms with van der Waals surface area (Å²) >= 11 is 0. The van der Waals surface area contributed by atoms with E-state index < -0.39 is 0 Å². The molecular weight excluding hydrogens is 358 g/mol. The molecular formula is C19H21N7O2. The molecule has 3 aromatic heterocycles. The zero-order valence-corrected chi connectivity index (χ0v) is 15.8. The Balaban J connectivity index is 1.41. The van der Waals surface area contributed by atoms with Gasteiger partial charge in [0, 0.05) is 38.4 Å². The second-order valence-electron chi connectivity index (χ2n) is 6.58. The molecule has 0 saturated carbocycles. The maximum atomic E-state index is 12.8. The molecule has 0 bridgehead atoms. The van der Waals surface area contributed by atoms with Crippen LogP contribution in [0.4, 0.5) is 17.5 Å². The third kappa shape index (κ3) is 3.64. The minimum absolute atomic E-state index is 0.0314. The number of nitrogens with one attached hydrogen (secondary N) is 1. The van der Waals surface area contributed by atoms with E-state index in [2.05, 4.69) is 30.3 Å². The summed E-state index contributed by atoms with van der Waals surface area (Å²) < 4.78 is 5.12. The van der Waals surface area contributed by atoms with Gasteiger partial charge in [-0.3, -0.25) is 4.79 Å². The Morgan fingerprint density at radius 2 is 1.89 bits per heavy atom. The Bertz CT molecular complexity index is 946. The van der Waals surface area contributed by atoms with Gasteiger partial charge >= 0.3 is 0 Å². The first-order chi connectivity index (χ1) is 13.6. The largest absolute Gasteiger partial charge is 0.361 e. The molecule has 9 nitrogen and oxygen atoms in total. The van der Waals surface area contributed by atoms with Gasteiger partial charge in [-0.05, 0) is 26.0 Å². The molecule has 0 aliphatic carbocycles. The van der Waals surface area contributed by atoms with E-state index in [4.69, 9.17) is 4.52 Å². The van der Waals surface area contributed by atoms with Gasteiger partial charge in [0.1, 0.15) is 35.1 Å². The van der Waals surface area contributed by atoms with Crippen LogP contribution >= 0.6 is 0 Å². The molecule has 0 aromatic carbocycles. The molecule has 1 saturated heterocycles. The van der Waals surface area contributed by atoms with Crippen LogP contribution in [-0.2, 0) is 0 Å². The number of amides is 1. The van der Waals surface area contributed by atoms with Crippen LogP contribution in [0.25, 0.3) is 0 Å². The van der Waals surface area contributed by atoms with E-state index in [0.717, 1.165) is 11.6 Å². The van der Waals surface area contributed by atoms with Gasteiger partial charge in [0.2, 0.25) is 0 Å². The predicted octanol–water partition coefficient (Wildman–Crippen LogP) is 2.18. The summed E-state index contributed by atoms with van der Waals surface area (Å²) in [4.78, 5) is 29.6. The molecule has 1 aliphatic rings. The number of carbonyl (C=O) groups is 1. The monoisotopic (exact) mass is 379 g/mol. The summed E-state index contributed by atoms with van der Waals surface area (Å²) in [5.74, 6) is 2.75. The number of pyridine rings is 1. The average Bonchev–Trinajstić information content (AvgIpc) is 3.07. The van der Waals surface area contributed by atoms with Crippen LogP contribution in [0.5, 0.6) is 0 Å². The number of nitrogens with zero attached hydrogens (tertiary/aromatic N) is 6. The average molecular weight is 379 g/mol. The number of hydrogen-bond acceptors (Lipinski definition) is 8. The summed E-state index contributed by atoms with van der Waals surface area (Å²) in [6.45, 7) is 6.15. The predicted molar refractivity (Wildman–Crippen MR) is 104 cm³/mol. The first-order valence-corrected chi connectivity index (χ1v) is 9.09. The highest BCUT2D eigenvalue weighted by molar-refractivity contribution is 5.96. The fourth-order valence-electron chi connectivity index (χ4n) is 3.24. The van der Waals surface area contributed by atoms with Crippen molar-refractivity contribution in [3.8, 4) is 0 Å². The summed E-state index contributed by atoms with van der Waals surface area (Å²) in [7, 11) is 0. The van der Waals surface area contributed by atoms with Crippen molar-refractivity contribution in [2.75, 3.05) is 36.4 Å². The van der Waals surface area contributed by atoms with Gasteiger partial charge in [-0.2, -0.15) is 0 Å². The molecule has 1 N–H and O–H groups in total. The van der Waals surface area contributed by atoms with Crippen molar-refractivity contribution in [3.63, 3.8) is 0 Å². The quantitative estimate of drug-likeness (QED) is 0.736. The highest BCUT2D eigenvalue weighted by Crippen LogP contribution is 2.20. The zero-order chi connectivity index (χ0) is 19.5. The molecule has 0 spiro atoms.